The van der Waals surface area contributed by atoms with Crippen LogP contribution in [-0.4, -0.2) is 101 Å². The number of hydrogen-bond acceptors (Lipinski definition) is 9. The molecule has 12 heteroatoms. The van der Waals surface area contributed by atoms with E-state index in [1.165, 1.54) is 11.8 Å². The zero-order chi connectivity index (χ0) is 29.1. The number of carbonyl (C=O) groups excluding carboxylic acids is 2. The summed E-state index contributed by atoms with van der Waals surface area (Å²) >= 11 is 3.44. The lowest BCUT2D eigenvalue weighted by molar-refractivity contribution is -0.130. The van der Waals surface area contributed by atoms with E-state index in [0.717, 1.165) is 30.0 Å². The Morgan fingerprint density at radius 3 is 2.60 bits per heavy atom. The minimum Gasteiger partial charge on any atom is -0.445 e. The molecule has 3 saturated heterocycles. The second-order valence-corrected chi connectivity index (χ2v) is 17.1. The van der Waals surface area contributed by atoms with Crippen LogP contribution in [-0.2, 0) is 19.4 Å². The number of rotatable bonds is 9. The number of aliphatic hydroxyl groups is 1. The van der Waals surface area contributed by atoms with E-state index in [0.29, 0.717) is 16.9 Å². The first kappa shape index (κ1) is 31.5. The Bertz CT molecular complexity index is 1130. The Kier molecular flexibility index (Phi) is 10.4. The van der Waals surface area contributed by atoms with Gasteiger partial charge in [-0.1, -0.05) is 18.2 Å². The maximum atomic E-state index is 13.3. The van der Waals surface area contributed by atoms with Crippen LogP contribution >= 0.6 is 23.5 Å². The monoisotopic (exact) mass is 613 g/mol. The molecule has 0 radical (unpaired) electrons. The summed E-state index contributed by atoms with van der Waals surface area (Å²) in [6.07, 6.45) is -0.327. The lowest BCUT2D eigenvalue weighted by atomic mass is 9.89. The summed E-state index contributed by atoms with van der Waals surface area (Å²) in [6.45, 7) is 8.39. The maximum Gasteiger partial charge on any atom is 0.407 e. The van der Waals surface area contributed by atoms with Gasteiger partial charge in [0.2, 0.25) is 5.91 Å². The highest BCUT2D eigenvalue weighted by atomic mass is 32.2. The molecular weight excluding hydrogens is 571 g/mol. The molecule has 9 nitrogen and oxygen atoms in total. The number of nitrogens with one attached hydrogen (secondary N) is 2. The molecule has 40 heavy (non-hydrogen) atoms. The van der Waals surface area contributed by atoms with Gasteiger partial charge in [0.15, 0.2) is 9.84 Å². The minimum absolute atomic E-state index is 0.00451. The van der Waals surface area contributed by atoms with E-state index >= 15 is 0 Å². The van der Waals surface area contributed by atoms with Gasteiger partial charge < -0.3 is 20.5 Å². The predicted octanol–water partition coefficient (Wildman–Crippen LogP) is 2.92. The molecule has 2 amide bonds. The summed E-state index contributed by atoms with van der Waals surface area (Å²) in [5.41, 5.74) is -0.369. The summed E-state index contributed by atoms with van der Waals surface area (Å²) in [5, 5.41) is 17.1. The van der Waals surface area contributed by atoms with Gasteiger partial charge in [0.05, 0.1) is 29.2 Å². The number of sulfone groups is 1. The van der Waals surface area contributed by atoms with Crippen molar-refractivity contribution in [3.05, 3.63) is 30.3 Å². The van der Waals surface area contributed by atoms with Gasteiger partial charge in [-0.15, -0.1) is 11.8 Å². The van der Waals surface area contributed by atoms with Crippen LogP contribution in [0.5, 0.6) is 0 Å². The molecule has 3 fully saturated rings. The third-order valence-corrected chi connectivity index (χ3v) is 12.8. The topological polar surface area (TPSA) is 125 Å². The highest BCUT2D eigenvalue weighted by Gasteiger charge is 2.44. The van der Waals surface area contributed by atoms with Crippen LogP contribution in [0.15, 0.2) is 35.2 Å². The predicted molar refractivity (Wildman–Crippen MR) is 160 cm³/mol. The van der Waals surface area contributed by atoms with Gasteiger partial charge in [0.1, 0.15) is 6.10 Å². The summed E-state index contributed by atoms with van der Waals surface area (Å²) < 4.78 is 29.8. The van der Waals surface area contributed by atoms with E-state index < -0.39 is 39.4 Å². The van der Waals surface area contributed by atoms with Crippen LogP contribution in [0.1, 0.15) is 47.0 Å². The van der Waals surface area contributed by atoms with Crippen molar-refractivity contribution in [1.29, 1.82) is 0 Å². The number of nitrogens with zero attached hydrogens (tertiary/aromatic N) is 1. The maximum absolute atomic E-state index is 13.3. The third kappa shape index (κ3) is 8.30. The molecular formula is C28H43N3O6S3. The summed E-state index contributed by atoms with van der Waals surface area (Å²) in [5.74, 6) is 1.89. The fourth-order valence-corrected chi connectivity index (χ4v) is 9.78. The van der Waals surface area contributed by atoms with Crippen LogP contribution < -0.4 is 10.6 Å². The fourth-order valence-electron chi connectivity index (χ4n) is 5.62. The van der Waals surface area contributed by atoms with Gasteiger partial charge >= 0.3 is 6.09 Å². The molecule has 3 aliphatic heterocycles. The molecule has 0 bridgehead atoms. The minimum atomic E-state index is -3.27. The molecule has 224 valence electrons. The zero-order valence-electron chi connectivity index (χ0n) is 23.7. The van der Waals surface area contributed by atoms with Gasteiger partial charge in [0, 0.05) is 34.5 Å². The van der Waals surface area contributed by atoms with Gasteiger partial charge in [-0.2, -0.15) is 11.8 Å². The highest BCUT2D eigenvalue weighted by Crippen LogP contribution is 2.40. The molecule has 0 aromatic heterocycles. The summed E-state index contributed by atoms with van der Waals surface area (Å²) in [6, 6.07) is 8.68. The number of β-amino-alcohol motifs (C(OH)–C–C–N with tert-alkyl or cyclic N) is 1. The van der Waals surface area contributed by atoms with E-state index in [2.05, 4.69) is 15.5 Å². The van der Waals surface area contributed by atoms with Crippen LogP contribution in [0, 0.1) is 5.92 Å². The van der Waals surface area contributed by atoms with Crippen LogP contribution in [0.25, 0.3) is 0 Å². The number of amides is 2. The number of ether oxygens (including phenoxy) is 1. The van der Waals surface area contributed by atoms with Crippen molar-refractivity contribution in [2.75, 3.05) is 30.3 Å². The van der Waals surface area contributed by atoms with Gasteiger partial charge in [-0.05, 0) is 70.8 Å². The number of hydrogen-bond donors (Lipinski definition) is 3. The van der Waals surface area contributed by atoms with Crippen molar-refractivity contribution in [3.8, 4) is 0 Å². The van der Waals surface area contributed by atoms with Crippen LogP contribution in [0.4, 0.5) is 4.79 Å². The number of benzene rings is 1. The molecule has 1 aromatic rings. The average Bonchev–Trinajstić information content (AvgIpc) is 3.44. The van der Waals surface area contributed by atoms with Gasteiger partial charge in [0.25, 0.3) is 0 Å². The molecule has 1 unspecified atom stereocenters. The van der Waals surface area contributed by atoms with E-state index in [9.17, 15) is 23.1 Å². The smallest absolute Gasteiger partial charge is 0.407 e. The highest BCUT2D eigenvalue weighted by molar-refractivity contribution is 8.00. The van der Waals surface area contributed by atoms with E-state index in [-0.39, 0.29) is 36.2 Å². The molecule has 3 aliphatic rings. The van der Waals surface area contributed by atoms with Gasteiger partial charge in [-0.3, -0.25) is 9.69 Å². The molecule has 3 heterocycles. The standard InChI is InChI=1S/C28H43N3O6S3/c1-18-24(11-13-40(18,35)36)37-27(34)29-21(17-39-20-8-6-5-7-9-20)23(32)16-31-15-19-10-12-38-25(19)14-22(31)26(33)30-28(2,3)4/h5-9,18-19,21-25,32H,10-17H2,1-4H3,(H,29,34)(H,30,33)/t18-,19+,21-,22?,23+,24-,25-/m0/s1. The second-order valence-electron chi connectivity index (χ2n) is 12.1. The Morgan fingerprint density at radius 1 is 1.23 bits per heavy atom. The van der Waals surface area contributed by atoms with E-state index in [1.807, 2.05) is 62.9 Å². The van der Waals surface area contributed by atoms with Crippen molar-refractivity contribution in [1.82, 2.24) is 15.5 Å². The number of piperidine rings is 1. The summed E-state index contributed by atoms with van der Waals surface area (Å²) in [7, 11) is -3.27. The fraction of sp³-hybridized carbons (Fsp3) is 0.714. The lowest BCUT2D eigenvalue weighted by Crippen LogP contribution is -2.60. The molecule has 0 aliphatic carbocycles. The Balaban J connectivity index is 1.46. The van der Waals surface area contributed by atoms with Crippen molar-refractivity contribution in [2.45, 2.75) is 92.2 Å². The number of likely N-dealkylation sites (tertiary alicyclic amines) is 1. The largest absolute Gasteiger partial charge is 0.445 e. The van der Waals surface area contributed by atoms with E-state index in [4.69, 9.17) is 4.74 Å². The number of thioether (sulfide) groups is 2. The number of fused-ring (bicyclic) bond motifs is 1. The first-order valence-corrected chi connectivity index (χ1v) is 17.8. The number of carbonyl (C=O) groups is 2. The first-order valence-electron chi connectivity index (χ1n) is 14.0. The molecule has 1 aromatic carbocycles. The quantitative estimate of drug-likeness (QED) is 0.361. The number of aliphatic hydroxyl groups excluding tert-OH is 1. The SMILES string of the molecule is C[C@H]1[C@@H](OC(=O)N[C@@H](CSc2ccccc2)[C@H](O)CN2C[C@H]3CCS[C@H]3CC2C(=O)NC(C)(C)C)CCS1(=O)=O. The Morgan fingerprint density at radius 2 is 1.95 bits per heavy atom. The molecule has 7 atom stereocenters. The van der Waals surface area contributed by atoms with Crippen molar-refractivity contribution in [3.63, 3.8) is 0 Å². The molecule has 4 rings (SSSR count). The average molecular weight is 614 g/mol. The van der Waals surface area contributed by atoms with Crippen LogP contribution in [0.3, 0.4) is 0 Å². The van der Waals surface area contributed by atoms with Crippen molar-refractivity contribution >= 4 is 45.4 Å². The van der Waals surface area contributed by atoms with E-state index in [1.54, 1.807) is 6.92 Å². The van der Waals surface area contributed by atoms with Crippen molar-refractivity contribution < 1.29 is 27.9 Å². The molecule has 0 saturated carbocycles. The first-order chi connectivity index (χ1) is 18.8. The lowest BCUT2D eigenvalue weighted by Gasteiger charge is -2.43. The molecule has 3 N–H and O–H groups in total. The molecule has 0 spiro atoms. The Labute approximate surface area is 246 Å². The third-order valence-electron chi connectivity index (χ3n) is 7.91. The van der Waals surface area contributed by atoms with Crippen LogP contribution in [0.2, 0.25) is 0 Å². The number of alkyl carbamates (subject to hydrolysis) is 1. The zero-order valence-corrected chi connectivity index (χ0v) is 26.2. The Hall–Kier alpha value is -1.47. The second kappa shape index (κ2) is 13.2. The normalized spacial score (nSPS) is 29.8. The van der Waals surface area contributed by atoms with Crippen molar-refractivity contribution in [2.24, 2.45) is 5.92 Å². The van der Waals surface area contributed by atoms with Gasteiger partial charge in [-0.25, -0.2) is 13.2 Å². The summed E-state index contributed by atoms with van der Waals surface area (Å²) in [4.78, 5) is 29.3.